The van der Waals surface area contributed by atoms with Crippen molar-refractivity contribution in [1.29, 1.82) is 0 Å². The van der Waals surface area contributed by atoms with Crippen LogP contribution in [0, 0.1) is 12.8 Å². The molecule has 0 unspecified atom stereocenters. The highest BCUT2D eigenvalue weighted by atomic mass is 16.2. The van der Waals surface area contributed by atoms with Crippen LogP contribution in [0.2, 0.25) is 0 Å². The molecule has 0 atom stereocenters. The zero-order valence-corrected chi connectivity index (χ0v) is 13.6. The molecule has 1 aromatic carbocycles. The van der Waals surface area contributed by atoms with Crippen molar-refractivity contribution in [2.75, 3.05) is 13.1 Å². The molecule has 0 spiro atoms. The largest absolute Gasteiger partial charge is 0.335 e. The van der Waals surface area contributed by atoms with E-state index in [9.17, 15) is 4.79 Å². The van der Waals surface area contributed by atoms with Gasteiger partial charge >= 0.3 is 6.03 Å². The fourth-order valence-corrected chi connectivity index (χ4v) is 3.08. The van der Waals surface area contributed by atoms with Crippen molar-refractivity contribution < 1.29 is 4.79 Å². The third-order valence-electron chi connectivity index (χ3n) is 4.57. The SMILES string of the molecule is Cc1nccn1CC1CCN(C(=O)NCc2ccccc2)CC1. The van der Waals surface area contributed by atoms with Crippen molar-refractivity contribution in [1.82, 2.24) is 19.8 Å². The zero-order chi connectivity index (χ0) is 16.1. The summed E-state index contributed by atoms with van der Waals surface area (Å²) >= 11 is 0. The van der Waals surface area contributed by atoms with Gasteiger partial charge in [-0.15, -0.1) is 0 Å². The summed E-state index contributed by atoms with van der Waals surface area (Å²) in [4.78, 5) is 18.4. The van der Waals surface area contributed by atoms with Crippen molar-refractivity contribution in [3.63, 3.8) is 0 Å². The molecule has 2 amide bonds. The Hall–Kier alpha value is -2.30. The summed E-state index contributed by atoms with van der Waals surface area (Å²) in [5, 5.41) is 3.01. The summed E-state index contributed by atoms with van der Waals surface area (Å²) in [5.74, 6) is 1.69. The van der Waals surface area contributed by atoms with Crippen molar-refractivity contribution in [2.24, 2.45) is 5.92 Å². The molecule has 1 fully saturated rings. The number of imidazole rings is 1. The summed E-state index contributed by atoms with van der Waals surface area (Å²) in [7, 11) is 0. The van der Waals surface area contributed by atoms with Gasteiger partial charge in [0.05, 0.1) is 0 Å². The van der Waals surface area contributed by atoms with Gasteiger partial charge in [-0.2, -0.15) is 0 Å². The highest BCUT2D eigenvalue weighted by Gasteiger charge is 2.23. The van der Waals surface area contributed by atoms with Gasteiger partial charge in [0.1, 0.15) is 5.82 Å². The summed E-state index contributed by atoms with van der Waals surface area (Å²) in [6.45, 7) is 5.30. The summed E-state index contributed by atoms with van der Waals surface area (Å²) < 4.78 is 2.20. The zero-order valence-electron chi connectivity index (χ0n) is 13.6. The van der Waals surface area contributed by atoms with E-state index < -0.39 is 0 Å². The van der Waals surface area contributed by atoms with Crippen molar-refractivity contribution in [2.45, 2.75) is 32.9 Å². The number of carbonyl (C=O) groups excluding carboxylic acids is 1. The van der Waals surface area contributed by atoms with E-state index in [-0.39, 0.29) is 6.03 Å². The van der Waals surface area contributed by atoms with Crippen LogP contribution in [0.4, 0.5) is 4.79 Å². The number of amides is 2. The molecule has 0 bridgehead atoms. The molecule has 3 rings (SSSR count). The average molecular weight is 312 g/mol. The van der Waals surface area contributed by atoms with E-state index in [1.165, 1.54) is 0 Å². The topological polar surface area (TPSA) is 50.2 Å². The molecule has 2 heterocycles. The van der Waals surface area contributed by atoms with Crippen LogP contribution in [0.15, 0.2) is 42.7 Å². The van der Waals surface area contributed by atoms with Gasteiger partial charge in [0.2, 0.25) is 0 Å². The van der Waals surface area contributed by atoms with Gasteiger partial charge in [-0.25, -0.2) is 9.78 Å². The third kappa shape index (κ3) is 4.12. The third-order valence-corrected chi connectivity index (χ3v) is 4.57. The molecule has 0 radical (unpaired) electrons. The first kappa shape index (κ1) is 15.6. The molecular weight excluding hydrogens is 288 g/mol. The average Bonchev–Trinajstić information content (AvgIpc) is 2.99. The molecule has 2 aromatic rings. The number of aryl methyl sites for hydroxylation is 1. The van der Waals surface area contributed by atoms with Gasteiger partial charge in [-0.05, 0) is 31.2 Å². The molecule has 1 aliphatic rings. The molecule has 1 aliphatic heterocycles. The van der Waals surface area contributed by atoms with E-state index in [1.807, 2.05) is 54.5 Å². The Labute approximate surface area is 137 Å². The van der Waals surface area contributed by atoms with Crippen LogP contribution < -0.4 is 5.32 Å². The Morgan fingerprint density at radius 1 is 1.26 bits per heavy atom. The Balaban J connectivity index is 1.43. The lowest BCUT2D eigenvalue weighted by Gasteiger charge is -2.32. The van der Waals surface area contributed by atoms with Gasteiger partial charge in [0, 0.05) is 38.6 Å². The minimum atomic E-state index is 0.0473. The lowest BCUT2D eigenvalue weighted by Crippen LogP contribution is -2.44. The second-order valence-electron chi connectivity index (χ2n) is 6.20. The standard InChI is InChI=1S/C18H24N4O/c1-15-19-9-12-22(15)14-17-7-10-21(11-8-17)18(23)20-13-16-5-3-2-4-6-16/h2-6,9,12,17H,7-8,10-11,13-14H2,1H3,(H,20,23). The Morgan fingerprint density at radius 2 is 2.00 bits per heavy atom. The molecule has 122 valence electrons. The van der Waals surface area contributed by atoms with Crippen molar-refractivity contribution >= 4 is 6.03 Å². The molecule has 1 N–H and O–H groups in total. The van der Waals surface area contributed by atoms with Crippen LogP contribution in [0.3, 0.4) is 0 Å². The number of rotatable bonds is 4. The smallest absolute Gasteiger partial charge is 0.317 e. The van der Waals surface area contributed by atoms with Crippen molar-refractivity contribution in [3.05, 3.63) is 54.1 Å². The fraction of sp³-hybridized carbons (Fsp3) is 0.444. The van der Waals surface area contributed by atoms with Crippen LogP contribution in [0.25, 0.3) is 0 Å². The summed E-state index contributed by atoms with van der Waals surface area (Å²) in [6.07, 6.45) is 5.99. The van der Waals surface area contributed by atoms with Crippen LogP contribution in [-0.2, 0) is 13.1 Å². The highest BCUT2D eigenvalue weighted by molar-refractivity contribution is 5.74. The van der Waals surface area contributed by atoms with E-state index in [0.717, 1.165) is 43.9 Å². The maximum atomic E-state index is 12.2. The minimum absolute atomic E-state index is 0.0473. The lowest BCUT2D eigenvalue weighted by atomic mass is 9.97. The number of hydrogen-bond acceptors (Lipinski definition) is 2. The molecule has 0 aliphatic carbocycles. The molecule has 5 heteroatoms. The maximum Gasteiger partial charge on any atom is 0.317 e. The number of aromatic nitrogens is 2. The van der Waals surface area contributed by atoms with Crippen LogP contribution in [0.5, 0.6) is 0 Å². The normalized spacial score (nSPS) is 15.6. The molecule has 5 nitrogen and oxygen atoms in total. The highest BCUT2D eigenvalue weighted by Crippen LogP contribution is 2.19. The molecule has 0 saturated carbocycles. The van der Waals surface area contributed by atoms with E-state index in [1.54, 1.807) is 0 Å². The first-order valence-corrected chi connectivity index (χ1v) is 8.27. The predicted molar refractivity (Wildman–Crippen MR) is 89.9 cm³/mol. The number of nitrogens with one attached hydrogen (secondary N) is 1. The number of nitrogens with zero attached hydrogens (tertiary/aromatic N) is 3. The number of piperidine rings is 1. The summed E-state index contributed by atoms with van der Waals surface area (Å²) in [5.41, 5.74) is 1.13. The van der Waals surface area contributed by atoms with Gasteiger partial charge in [-0.1, -0.05) is 30.3 Å². The van der Waals surface area contributed by atoms with E-state index in [0.29, 0.717) is 12.5 Å². The Kier molecular flexibility index (Phi) is 4.95. The van der Waals surface area contributed by atoms with Crippen LogP contribution in [-0.4, -0.2) is 33.6 Å². The molecular formula is C18H24N4O. The van der Waals surface area contributed by atoms with Gasteiger partial charge in [0.25, 0.3) is 0 Å². The first-order chi connectivity index (χ1) is 11.2. The number of carbonyl (C=O) groups is 1. The van der Waals surface area contributed by atoms with E-state index in [4.69, 9.17) is 0 Å². The second-order valence-corrected chi connectivity index (χ2v) is 6.20. The predicted octanol–water partition coefficient (Wildman–Crippen LogP) is 2.81. The van der Waals surface area contributed by atoms with Gasteiger partial charge < -0.3 is 14.8 Å². The minimum Gasteiger partial charge on any atom is -0.335 e. The maximum absolute atomic E-state index is 12.2. The van der Waals surface area contributed by atoms with Gasteiger partial charge in [0.15, 0.2) is 0 Å². The molecule has 1 saturated heterocycles. The molecule has 23 heavy (non-hydrogen) atoms. The number of urea groups is 1. The number of benzene rings is 1. The van der Waals surface area contributed by atoms with E-state index in [2.05, 4.69) is 14.9 Å². The van der Waals surface area contributed by atoms with E-state index >= 15 is 0 Å². The Morgan fingerprint density at radius 3 is 2.65 bits per heavy atom. The Bertz CT molecular complexity index is 629. The summed E-state index contributed by atoms with van der Waals surface area (Å²) in [6, 6.07) is 10.1. The fourth-order valence-electron chi connectivity index (χ4n) is 3.08. The monoisotopic (exact) mass is 312 g/mol. The first-order valence-electron chi connectivity index (χ1n) is 8.27. The van der Waals surface area contributed by atoms with Crippen LogP contribution >= 0.6 is 0 Å². The van der Waals surface area contributed by atoms with Crippen molar-refractivity contribution in [3.8, 4) is 0 Å². The number of hydrogen-bond donors (Lipinski definition) is 1. The number of likely N-dealkylation sites (tertiary alicyclic amines) is 1. The lowest BCUT2D eigenvalue weighted by molar-refractivity contribution is 0.165. The molecule has 1 aromatic heterocycles. The van der Waals surface area contributed by atoms with Gasteiger partial charge in [-0.3, -0.25) is 0 Å². The second kappa shape index (κ2) is 7.31. The van der Waals surface area contributed by atoms with Crippen LogP contribution in [0.1, 0.15) is 24.2 Å². The quantitative estimate of drug-likeness (QED) is 0.944.